The zero-order chi connectivity index (χ0) is 27.1. The highest BCUT2D eigenvalue weighted by molar-refractivity contribution is 7.45. The lowest BCUT2D eigenvalue weighted by Gasteiger charge is -2.27. The summed E-state index contributed by atoms with van der Waals surface area (Å²) in [6, 6.07) is 0. The maximum absolute atomic E-state index is 11.8. The van der Waals surface area contributed by atoms with Gasteiger partial charge in [-0.1, -0.05) is 69.1 Å². The number of ether oxygens (including phenoxy) is 1. The molecule has 0 aliphatic rings. The number of esters is 1. The zero-order valence-electron chi connectivity index (χ0n) is 22.9. The normalized spacial score (nSPS) is 15.2. The Morgan fingerprint density at radius 3 is 2.11 bits per heavy atom. The molecule has 0 aliphatic carbocycles. The van der Waals surface area contributed by atoms with Crippen molar-refractivity contribution in [2.45, 2.75) is 83.7 Å². The third kappa shape index (κ3) is 25.8. The molecule has 2 atom stereocenters. The van der Waals surface area contributed by atoms with E-state index in [1.165, 1.54) is 12.8 Å². The van der Waals surface area contributed by atoms with Crippen LogP contribution in [0, 0.1) is 0 Å². The average molecular weight is 532 g/mol. The minimum atomic E-state index is -4.50. The molecule has 0 rings (SSSR count). The van der Waals surface area contributed by atoms with Crippen molar-refractivity contribution in [1.82, 2.24) is 0 Å². The van der Waals surface area contributed by atoms with Crippen molar-refractivity contribution in [1.29, 1.82) is 0 Å². The van der Waals surface area contributed by atoms with Crippen LogP contribution < -0.4 is 4.89 Å². The van der Waals surface area contributed by atoms with E-state index in [2.05, 4.69) is 47.9 Å². The number of unbranched alkanes of at least 4 members (excludes halogenated alkanes) is 6. The number of aliphatic hydroxyl groups is 1. The van der Waals surface area contributed by atoms with Crippen LogP contribution in [0.4, 0.5) is 0 Å². The number of aliphatic hydroxyl groups excluding tert-OH is 1. The van der Waals surface area contributed by atoms with Gasteiger partial charge < -0.3 is 28.3 Å². The molecule has 0 amide bonds. The minimum Gasteiger partial charge on any atom is -0.756 e. The lowest BCUT2D eigenvalue weighted by molar-refractivity contribution is -0.870. The summed E-state index contributed by atoms with van der Waals surface area (Å²) in [5.74, 6) is -0.404. The Morgan fingerprint density at radius 2 is 1.47 bits per heavy atom. The molecule has 0 spiro atoms. The third-order valence-electron chi connectivity index (χ3n) is 5.15. The van der Waals surface area contributed by atoms with Crippen LogP contribution in [0.5, 0.6) is 0 Å². The molecule has 0 aliphatic heterocycles. The fourth-order valence-electron chi connectivity index (χ4n) is 3.02. The highest BCUT2D eigenvalue weighted by Gasteiger charge is 2.16. The number of nitrogens with zero attached hydrogens (tertiary/aromatic N) is 1. The largest absolute Gasteiger partial charge is 0.756 e. The molecule has 0 aromatic carbocycles. The SMILES string of the molecule is CC/C=C\C/C=C\C/C=C\CCCCCCCCC(=O)OC[C@@H](O)COP(=O)([O-])OCC[N+](C)(C)C. The second-order valence-corrected chi connectivity index (χ2v) is 11.3. The van der Waals surface area contributed by atoms with E-state index in [0.29, 0.717) is 11.0 Å². The molecule has 0 bridgehead atoms. The number of hydrogen-bond donors (Lipinski definition) is 1. The van der Waals surface area contributed by atoms with E-state index >= 15 is 0 Å². The van der Waals surface area contributed by atoms with Gasteiger partial charge in [-0.25, -0.2) is 0 Å². The third-order valence-corrected chi connectivity index (χ3v) is 6.12. The summed E-state index contributed by atoms with van der Waals surface area (Å²) in [6.07, 6.45) is 22.8. The Kier molecular flexibility index (Phi) is 21.0. The number of phosphoric acid groups is 1. The van der Waals surface area contributed by atoms with E-state index in [0.717, 1.165) is 51.4 Å². The average Bonchev–Trinajstić information content (AvgIpc) is 2.80. The fraction of sp³-hybridized carbons (Fsp3) is 0.741. The molecule has 0 heterocycles. The second kappa shape index (κ2) is 21.8. The van der Waals surface area contributed by atoms with Crippen molar-refractivity contribution < 1.29 is 37.6 Å². The van der Waals surface area contributed by atoms with Gasteiger partial charge in [0.25, 0.3) is 7.82 Å². The molecular formula is C27H50NO7P. The smallest absolute Gasteiger partial charge is 0.305 e. The Hall–Kier alpha value is -1.28. The Morgan fingerprint density at radius 1 is 0.889 bits per heavy atom. The molecular weight excluding hydrogens is 481 g/mol. The number of phosphoric ester groups is 1. The first kappa shape index (κ1) is 34.7. The van der Waals surface area contributed by atoms with E-state index in [9.17, 15) is 19.4 Å². The van der Waals surface area contributed by atoms with Crippen molar-refractivity contribution in [3.63, 3.8) is 0 Å². The van der Waals surface area contributed by atoms with E-state index < -0.39 is 26.5 Å². The van der Waals surface area contributed by atoms with Crippen molar-refractivity contribution in [2.24, 2.45) is 0 Å². The minimum absolute atomic E-state index is 0.0121. The van der Waals surface area contributed by atoms with E-state index in [-0.39, 0.29) is 19.6 Å². The number of carbonyl (C=O) groups excluding carboxylic acids is 1. The van der Waals surface area contributed by atoms with E-state index in [1.54, 1.807) is 0 Å². The number of rotatable bonds is 23. The first-order valence-corrected chi connectivity index (χ1v) is 14.7. The summed E-state index contributed by atoms with van der Waals surface area (Å²) in [4.78, 5) is 23.5. The summed E-state index contributed by atoms with van der Waals surface area (Å²) in [6.45, 7) is 1.79. The van der Waals surface area contributed by atoms with Crippen molar-refractivity contribution in [3.8, 4) is 0 Å². The van der Waals surface area contributed by atoms with Crippen LogP contribution in [-0.2, 0) is 23.1 Å². The molecule has 0 radical (unpaired) electrons. The number of likely N-dealkylation sites (N-methyl/N-ethyl adjacent to an activating group) is 1. The van der Waals surface area contributed by atoms with Crippen LogP contribution in [0.15, 0.2) is 36.5 Å². The van der Waals surface area contributed by atoms with Crippen molar-refractivity contribution in [2.75, 3.05) is 47.5 Å². The van der Waals surface area contributed by atoms with Crippen LogP contribution >= 0.6 is 7.82 Å². The van der Waals surface area contributed by atoms with Gasteiger partial charge in [-0.2, -0.15) is 0 Å². The Bertz CT molecular complexity index is 686. The van der Waals surface area contributed by atoms with E-state index in [4.69, 9.17) is 9.26 Å². The van der Waals surface area contributed by atoms with Crippen molar-refractivity contribution >= 4 is 13.8 Å². The molecule has 1 unspecified atom stereocenters. The first-order valence-electron chi connectivity index (χ1n) is 13.2. The Balaban J connectivity index is 3.63. The highest BCUT2D eigenvalue weighted by atomic mass is 31.2. The van der Waals surface area contributed by atoms with Crippen LogP contribution in [0.3, 0.4) is 0 Å². The number of hydrogen-bond acceptors (Lipinski definition) is 7. The van der Waals surface area contributed by atoms with Gasteiger partial charge in [-0.15, -0.1) is 0 Å². The quantitative estimate of drug-likeness (QED) is 0.0645. The molecule has 36 heavy (non-hydrogen) atoms. The monoisotopic (exact) mass is 531 g/mol. The van der Waals surface area contributed by atoms with Crippen LogP contribution in [0.25, 0.3) is 0 Å². The lowest BCUT2D eigenvalue weighted by atomic mass is 10.1. The number of carbonyl (C=O) groups is 1. The number of allylic oxidation sites excluding steroid dienone is 6. The second-order valence-electron chi connectivity index (χ2n) is 9.88. The predicted octanol–water partition coefficient (Wildman–Crippen LogP) is 5.08. The molecule has 0 aromatic rings. The summed E-state index contributed by atoms with van der Waals surface area (Å²) in [7, 11) is 1.23. The Labute approximate surface area is 219 Å². The summed E-state index contributed by atoms with van der Waals surface area (Å²) in [5.41, 5.74) is 0. The molecule has 9 heteroatoms. The van der Waals surface area contributed by atoms with Gasteiger partial charge in [0, 0.05) is 6.42 Å². The van der Waals surface area contributed by atoms with Crippen LogP contribution in [0.2, 0.25) is 0 Å². The lowest BCUT2D eigenvalue weighted by Crippen LogP contribution is -2.37. The molecule has 210 valence electrons. The van der Waals surface area contributed by atoms with Crippen LogP contribution in [0.1, 0.15) is 77.6 Å². The molecule has 0 saturated heterocycles. The summed E-state index contributed by atoms with van der Waals surface area (Å²) >= 11 is 0. The topological polar surface area (TPSA) is 105 Å². The van der Waals surface area contributed by atoms with Gasteiger partial charge in [0.15, 0.2) is 0 Å². The maximum atomic E-state index is 11.8. The molecule has 0 fully saturated rings. The van der Waals surface area contributed by atoms with E-state index in [1.807, 2.05) is 21.1 Å². The molecule has 1 N–H and O–H groups in total. The van der Waals surface area contributed by atoms with Gasteiger partial charge in [0.05, 0.1) is 27.7 Å². The predicted molar refractivity (Wildman–Crippen MR) is 143 cm³/mol. The highest BCUT2D eigenvalue weighted by Crippen LogP contribution is 2.38. The van der Waals surface area contributed by atoms with Gasteiger partial charge in [-0.3, -0.25) is 9.36 Å². The number of quaternary nitrogens is 1. The van der Waals surface area contributed by atoms with Crippen LogP contribution in [-0.4, -0.2) is 69.2 Å². The van der Waals surface area contributed by atoms with Gasteiger partial charge in [0.2, 0.25) is 0 Å². The summed E-state index contributed by atoms with van der Waals surface area (Å²) in [5, 5.41) is 9.80. The fourth-order valence-corrected chi connectivity index (χ4v) is 3.75. The van der Waals surface area contributed by atoms with Crippen molar-refractivity contribution in [3.05, 3.63) is 36.5 Å². The summed E-state index contributed by atoms with van der Waals surface area (Å²) < 4.78 is 26.6. The standard InChI is InChI=1S/C27H50NO7P/c1-5-6-7-8-9-10-11-12-13-14-15-16-17-18-19-20-21-27(30)33-24-26(29)25-35-36(31,32)34-23-22-28(2,3)4/h6-7,9-10,12-13,26,29H,5,8,11,14-25H2,1-4H3/b7-6-,10-9-,13-12-/t26-/m1/s1. The van der Waals surface area contributed by atoms with Gasteiger partial charge >= 0.3 is 5.97 Å². The van der Waals surface area contributed by atoms with Gasteiger partial charge in [0.1, 0.15) is 25.9 Å². The molecule has 0 aromatic heterocycles. The molecule has 0 saturated carbocycles. The zero-order valence-corrected chi connectivity index (χ0v) is 23.8. The first-order chi connectivity index (χ1) is 17.1. The van der Waals surface area contributed by atoms with Gasteiger partial charge in [-0.05, 0) is 38.5 Å². The maximum Gasteiger partial charge on any atom is 0.305 e. The molecule has 8 nitrogen and oxygen atoms in total.